The van der Waals surface area contributed by atoms with Gasteiger partial charge in [-0.1, -0.05) is 6.42 Å². The third kappa shape index (κ3) is 4.81. The van der Waals surface area contributed by atoms with Crippen LogP contribution in [0.2, 0.25) is 0 Å². The van der Waals surface area contributed by atoms with E-state index in [2.05, 4.69) is 5.32 Å². The van der Waals surface area contributed by atoms with Gasteiger partial charge in [0, 0.05) is 24.0 Å². The van der Waals surface area contributed by atoms with E-state index >= 15 is 0 Å². The summed E-state index contributed by atoms with van der Waals surface area (Å²) in [5.41, 5.74) is 0. The minimum absolute atomic E-state index is 0.0786. The van der Waals surface area contributed by atoms with Crippen LogP contribution in [0.15, 0.2) is 16.3 Å². The molecule has 3 rings (SSSR count). The number of sulfonamides is 1. The summed E-state index contributed by atoms with van der Waals surface area (Å²) >= 11 is 1.19. The standard InChI is InChI=1S/C17H26N2O4S2/c20-14-6-4-13(5-7-14)18-16(21)12-15-8-9-17(24-15)25(22,23)19-10-2-1-3-11-19/h8-9,13-14,20H,1-7,10-12H2,(H,18,21). The SMILES string of the molecule is O=C(Cc1ccc(S(=O)(=O)N2CCCCC2)s1)NC1CCC(O)CC1. The number of nitrogens with one attached hydrogen (secondary N) is 1. The Kier molecular flexibility index (Phi) is 6.14. The van der Waals surface area contributed by atoms with Crippen molar-refractivity contribution < 1.29 is 18.3 Å². The van der Waals surface area contributed by atoms with Gasteiger partial charge in [-0.2, -0.15) is 4.31 Å². The summed E-state index contributed by atoms with van der Waals surface area (Å²) in [6, 6.07) is 3.48. The van der Waals surface area contributed by atoms with Crippen molar-refractivity contribution in [2.45, 2.75) is 67.7 Å². The number of amides is 1. The second kappa shape index (κ2) is 8.16. The van der Waals surface area contributed by atoms with Crippen LogP contribution < -0.4 is 5.32 Å². The van der Waals surface area contributed by atoms with E-state index in [4.69, 9.17) is 0 Å². The fourth-order valence-corrected chi connectivity index (χ4v) is 6.51. The fourth-order valence-electron chi connectivity index (χ4n) is 3.48. The third-order valence-corrected chi connectivity index (χ3v) is 8.39. The van der Waals surface area contributed by atoms with Crippen molar-refractivity contribution in [3.8, 4) is 0 Å². The van der Waals surface area contributed by atoms with E-state index in [0.29, 0.717) is 17.3 Å². The molecule has 1 aromatic rings. The Bertz CT molecular complexity index is 687. The summed E-state index contributed by atoms with van der Waals surface area (Å²) in [4.78, 5) is 13.0. The number of rotatable bonds is 5. The van der Waals surface area contributed by atoms with Crippen molar-refractivity contribution in [2.75, 3.05) is 13.1 Å². The van der Waals surface area contributed by atoms with Crippen molar-refractivity contribution in [3.63, 3.8) is 0 Å². The van der Waals surface area contributed by atoms with Crippen molar-refractivity contribution in [3.05, 3.63) is 17.0 Å². The first-order valence-electron chi connectivity index (χ1n) is 9.01. The van der Waals surface area contributed by atoms with Crippen molar-refractivity contribution in [1.29, 1.82) is 0 Å². The molecule has 0 atom stereocenters. The second-order valence-corrected chi connectivity index (χ2v) is 10.3. The smallest absolute Gasteiger partial charge is 0.252 e. The molecule has 1 aromatic heterocycles. The Labute approximate surface area is 153 Å². The lowest BCUT2D eigenvalue weighted by Gasteiger charge is -2.26. The zero-order valence-corrected chi connectivity index (χ0v) is 15.9. The van der Waals surface area contributed by atoms with Crippen LogP contribution in [0.25, 0.3) is 0 Å². The minimum atomic E-state index is -3.42. The molecule has 25 heavy (non-hydrogen) atoms. The van der Waals surface area contributed by atoms with Crippen molar-refractivity contribution in [2.24, 2.45) is 0 Å². The van der Waals surface area contributed by atoms with Gasteiger partial charge in [0.2, 0.25) is 5.91 Å². The number of nitrogens with zero attached hydrogens (tertiary/aromatic N) is 1. The summed E-state index contributed by atoms with van der Waals surface area (Å²) in [6.45, 7) is 1.17. The fraction of sp³-hybridized carbons (Fsp3) is 0.706. The molecular weight excluding hydrogens is 360 g/mol. The van der Waals surface area contributed by atoms with Crippen molar-refractivity contribution in [1.82, 2.24) is 9.62 Å². The molecule has 0 spiro atoms. The molecule has 0 unspecified atom stereocenters. The normalized spacial score (nSPS) is 25.6. The first-order chi connectivity index (χ1) is 11.9. The van der Waals surface area contributed by atoms with Crippen LogP contribution >= 0.6 is 11.3 Å². The zero-order valence-electron chi connectivity index (χ0n) is 14.3. The topological polar surface area (TPSA) is 86.7 Å². The predicted octanol–water partition coefficient (Wildman–Crippen LogP) is 1.88. The highest BCUT2D eigenvalue weighted by atomic mass is 32.2. The summed E-state index contributed by atoms with van der Waals surface area (Å²) in [6.07, 6.45) is 5.92. The monoisotopic (exact) mass is 386 g/mol. The van der Waals surface area contributed by atoms with E-state index in [1.165, 1.54) is 11.3 Å². The molecule has 6 nitrogen and oxygen atoms in total. The largest absolute Gasteiger partial charge is 0.393 e. The molecule has 2 N–H and O–H groups in total. The van der Waals surface area contributed by atoms with Crippen LogP contribution in [-0.2, 0) is 21.2 Å². The predicted molar refractivity (Wildman–Crippen MR) is 97.0 cm³/mol. The highest BCUT2D eigenvalue weighted by molar-refractivity contribution is 7.91. The molecule has 2 heterocycles. The maximum atomic E-state index is 12.6. The van der Waals surface area contributed by atoms with Gasteiger partial charge in [-0.25, -0.2) is 8.42 Å². The van der Waals surface area contributed by atoms with E-state index in [1.807, 2.05) is 0 Å². The Hall–Kier alpha value is -0.960. The molecule has 0 aromatic carbocycles. The zero-order chi connectivity index (χ0) is 17.9. The van der Waals surface area contributed by atoms with Gasteiger partial charge in [-0.15, -0.1) is 11.3 Å². The molecule has 0 radical (unpaired) electrons. The Balaban J connectivity index is 1.56. The molecule has 2 fully saturated rings. The summed E-state index contributed by atoms with van der Waals surface area (Å²) in [5.74, 6) is -0.0786. The van der Waals surface area contributed by atoms with Gasteiger partial charge in [0.05, 0.1) is 12.5 Å². The van der Waals surface area contributed by atoms with Gasteiger partial charge in [0.1, 0.15) is 4.21 Å². The third-order valence-electron chi connectivity index (χ3n) is 4.94. The van der Waals surface area contributed by atoms with Gasteiger partial charge >= 0.3 is 0 Å². The van der Waals surface area contributed by atoms with E-state index in [-0.39, 0.29) is 24.5 Å². The van der Waals surface area contributed by atoms with Crippen LogP contribution in [0.1, 0.15) is 49.8 Å². The van der Waals surface area contributed by atoms with E-state index < -0.39 is 10.0 Å². The number of carbonyl (C=O) groups excluding carboxylic acids is 1. The second-order valence-electron chi connectivity index (χ2n) is 6.94. The summed E-state index contributed by atoms with van der Waals surface area (Å²) < 4.78 is 27.2. The van der Waals surface area contributed by atoms with Gasteiger partial charge in [0.25, 0.3) is 10.0 Å². The van der Waals surface area contributed by atoms with Gasteiger partial charge < -0.3 is 10.4 Å². The van der Waals surface area contributed by atoms with E-state index in [9.17, 15) is 18.3 Å². The molecule has 1 aliphatic heterocycles. The number of piperidine rings is 1. The molecule has 1 saturated heterocycles. The summed E-state index contributed by atoms with van der Waals surface area (Å²) in [7, 11) is -3.42. The molecule has 1 aliphatic carbocycles. The van der Waals surface area contributed by atoms with Crippen LogP contribution in [0.3, 0.4) is 0 Å². The molecule has 8 heteroatoms. The lowest BCUT2D eigenvalue weighted by atomic mass is 9.93. The molecule has 0 bridgehead atoms. The number of carbonyl (C=O) groups is 1. The van der Waals surface area contributed by atoms with Gasteiger partial charge in [0.15, 0.2) is 0 Å². The maximum absolute atomic E-state index is 12.6. The molecule has 1 saturated carbocycles. The lowest BCUT2D eigenvalue weighted by Crippen LogP contribution is -2.39. The average molecular weight is 387 g/mol. The van der Waals surface area contributed by atoms with Crippen LogP contribution in [-0.4, -0.2) is 49.0 Å². The number of hydrogen-bond acceptors (Lipinski definition) is 5. The Morgan fingerprint density at radius 2 is 1.84 bits per heavy atom. The van der Waals surface area contributed by atoms with Gasteiger partial charge in [-0.3, -0.25) is 4.79 Å². The molecule has 2 aliphatic rings. The van der Waals surface area contributed by atoms with Crippen molar-refractivity contribution >= 4 is 27.3 Å². The highest BCUT2D eigenvalue weighted by Crippen LogP contribution is 2.27. The molecule has 140 valence electrons. The number of aliphatic hydroxyl groups is 1. The van der Waals surface area contributed by atoms with Crippen LogP contribution in [0.5, 0.6) is 0 Å². The number of aliphatic hydroxyl groups excluding tert-OH is 1. The highest BCUT2D eigenvalue weighted by Gasteiger charge is 2.28. The molecular formula is C17H26N2O4S2. The summed E-state index contributed by atoms with van der Waals surface area (Å²) in [5, 5.41) is 12.5. The maximum Gasteiger partial charge on any atom is 0.252 e. The van der Waals surface area contributed by atoms with Crippen LogP contribution in [0.4, 0.5) is 0 Å². The number of thiophene rings is 1. The quantitative estimate of drug-likeness (QED) is 0.809. The first-order valence-corrected chi connectivity index (χ1v) is 11.3. The lowest BCUT2D eigenvalue weighted by molar-refractivity contribution is -0.121. The average Bonchev–Trinajstić information content (AvgIpc) is 3.07. The van der Waals surface area contributed by atoms with Gasteiger partial charge in [-0.05, 0) is 50.7 Å². The Morgan fingerprint density at radius 1 is 1.16 bits per heavy atom. The van der Waals surface area contributed by atoms with E-state index in [1.54, 1.807) is 16.4 Å². The first kappa shape index (κ1) is 18.8. The van der Waals surface area contributed by atoms with Crippen LogP contribution in [0, 0.1) is 0 Å². The Morgan fingerprint density at radius 3 is 2.52 bits per heavy atom. The minimum Gasteiger partial charge on any atom is -0.393 e. The van der Waals surface area contributed by atoms with E-state index in [0.717, 1.165) is 49.8 Å². The molecule has 1 amide bonds. The number of hydrogen-bond donors (Lipinski definition) is 2.